The van der Waals surface area contributed by atoms with Gasteiger partial charge in [-0.3, -0.25) is 9.59 Å². The summed E-state index contributed by atoms with van der Waals surface area (Å²) in [7, 11) is -3.68. The summed E-state index contributed by atoms with van der Waals surface area (Å²) in [6.45, 7) is 9.10. The molecule has 1 aromatic heterocycles. The van der Waals surface area contributed by atoms with Crippen molar-refractivity contribution in [2.45, 2.75) is 57.3 Å². The van der Waals surface area contributed by atoms with Crippen LogP contribution in [-0.4, -0.2) is 49.8 Å². The van der Waals surface area contributed by atoms with Gasteiger partial charge in [0.05, 0.1) is 4.90 Å². The van der Waals surface area contributed by atoms with E-state index < -0.39 is 10.0 Å². The van der Waals surface area contributed by atoms with Gasteiger partial charge in [-0.05, 0) is 54.5 Å². The zero-order valence-electron chi connectivity index (χ0n) is 20.3. The smallest absolute Gasteiger partial charge is 0.240 e. The van der Waals surface area contributed by atoms with E-state index in [0.29, 0.717) is 31.7 Å². The second kappa shape index (κ2) is 10.7. The Balaban J connectivity index is 1.43. The maximum Gasteiger partial charge on any atom is 0.240 e. The Morgan fingerprint density at radius 3 is 2.26 bits per heavy atom. The highest BCUT2D eigenvalue weighted by Crippen LogP contribution is 2.23. The van der Waals surface area contributed by atoms with E-state index in [1.165, 1.54) is 0 Å². The number of benzene rings is 1. The van der Waals surface area contributed by atoms with E-state index in [-0.39, 0.29) is 41.0 Å². The summed E-state index contributed by atoms with van der Waals surface area (Å²) in [6.07, 6.45) is 2.90. The largest absolute Gasteiger partial charge is 0.343 e. The van der Waals surface area contributed by atoms with Gasteiger partial charge in [0, 0.05) is 38.2 Å². The minimum atomic E-state index is -3.68. The van der Waals surface area contributed by atoms with Crippen LogP contribution < -0.4 is 10.0 Å². The predicted octanol–water partition coefficient (Wildman–Crippen LogP) is 3.23. The summed E-state index contributed by atoms with van der Waals surface area (Å²) < 4.78 is 27.6. The summed E-state index contributed by atoms with van der Waals surface area (Å²) >= 11 is 0. The van der Waals surface area contributed by atoms with Crippen LogP contribution in [0.4, 0.5) is 5.82 Å². The molecule has 1 saturated heterocycles. The molecule has 184 valence electrons. The number of pyridine rings is 1. The molecule has 0 aliphatic carbocycles. The third kappa shape index (κ3) is 6.87. The molecule has 2 aromatic rings. The topological polar surface area (TPSA) is 108 Å². The van der Waals surface area contributed by atoms with E-state index in [2.05, 4.69) is 35.8 Å². The van der Waals surface area contributed by atoms with E-state index in [4.69, 9.17) is 0 Å². The molecule has 2 N–H and O–H groups in total. The van der Waals surface area contributed by atoms with Gasteiger partial charge in [-0.15, -0.1) is 0 Å². The molecule has 0 unspecified atom stereocenters. The molecule has 0 radical (unpaired) electrons. The fourth-order valence-electron chi connectivity index (χ4n) is 3.83. The standard InChI is InChI=1S/C25H34N4O4S/c1-18-5-10-22(26-17-18)28-24(31)19-12-15-29(16-13-19)23(30)11-14-27-34(32,33)21-8-6-20(7-9-21)25(2,3)4/h5-10,17,19,27H,11-16H2,1-4H3,(H,26,28,31). The van der Waals surface area contributed by atoms with Crippen LogP contribution in [0.15, 0.2) is 47.5 Å². The fraction of sp³-hybridized carbons (Fsp3) is 0.480. The van der Waals surface area contributed by atoms with Crippen LogP contribution >= 0.6 is 0 Å². The average Bonchev–Trinajstić information content (AvgIpc) is 2.80. The van der Waals surface area contributed by atoms with Crippen molar-refractivity contribution in [3.8, 4) is 0 Å². The average molecular weight is 487 g/mol. The highest BCUT2D eigenvalue weighted by atomic mass is 32.2. The lowest BCUT2D eigenvalue weighted by Crippen LogP contribution is -2.42. The Labute approximate surface area is 202 Å². The molecule has 1 aliphatic heterocycles. The number of sulfonamides is 1. The molecular weight excluding hydrogens is 452 g/mol. The Morgan fingerprint density at radius 2 is 1.71 bits per heavy atom. The van der Waals surface area contributed by atoms with E-state index in [9.17, 15) is 18.0 Å². The molecule has 0 saturated carbocycles. The summed E-state index contributed by atoms with van der Waals surface area (Å²) in [5.41, 5.74) is 2.01. The quantitative estimate of drug-likeness (QED) is 0.625. The molecule has 2 heterocycles. The molecule has 0 spiro atoms. The molecule has 1 aromatic carbocycles. The van der Waals surface area contributed by atoms with Gasteiger partial charge in [-0.25, -0.2) is 18.1 Å². The first-order valence-electron chi connectivity index (χ1n) is 11.6. The molecule has 3 rings (SSSR count). The summed E-state index contributed by atoms with van der Waals surface area (Å²) in [4.78, 5) is 31.1. The van der Waals surface area contributed by atoms with Crippen LogP contribution in [0.2, 0.25) is 0 Å². The number of hydrogen-bond acceptors (Lipinski definition) is 5. The second-order valence-electron chi connectivity index (χ2n) is 9.79. The van der Waals surface area contributed by atoms with Crippen molar-refractivity contribution in [3.05, 3.63) is 53.7 Å². The van der Waals surface area contributed by atoms with Crippen molar-refractivity contribution >= 4 is 27.7 Å². The summed E-state index contributed by atoms with van der Waals surface area (Å²) in [5, 5.41) is 2.83. The Bertz CT molecular complexity index is 1100. The van der Waals surface area contributed by atoms with Crippen LogP contribution in [-0.2, 0) is 25.0 Å². The molecule has 9 heteroatoms. The molecular formula is C25H34N4O4S. The van der Waals surface area contributed by atoms with Gasteiger partial charge in [0.25, 0.3) is 0 Å². The number of hydrogen-bond donors (Lipinski definition) is 2. The van der Waals surface area contributed by atoms with Gasteiger partial charge in [-0.1, -0.05) is 39.0 Å². The molecule has 0 atom stereocenters. The molecule has 34 heavy (non-hydrogen) atoms. The van der Waals surface area contributed by atoms with Crippen molar-refractivity contribution in [3.63, 3.8) is 0 Å². The molecule has 1 fully saturated rings. The third-order valence-electron chi connectivity index (χ3n) is 6.04. The third-order valence-corrected chi connectivity index (χ3v) is 7.52. The van der Waals surface area contributed by atoms with E-state index in [0.717, 1.165) is 11.1 Å². The number of aromatic nitrogens is 1. The summed E-state index contributed by atoms with van der Waals surface area (Å²) in [5.74, 6) is 0.134. The number of aryl methyl sites for hydroxylation is 1. The Morgan fingerprint density at radius 1 is 1.06 bits per heavy atom. The van der Waals surface area contributed by atoms with Gasteiger partial charge in [0.15, 0.2) is 0 Å². The first kappa shape index (κ1) is 25.8. The number of nitrogens with zero attached hydrogens (tertiary/aromatic N) is 2. The highest BCUT2D eigenvalue weighted by molar-refractivity contribution is 7.89. The van der Waals surface area contributed by atoms with Crippen LogP contribution in [0.5, 0.6) is 0 Å². The van der Waals surface area contributed by atoms with Crippen LogP contribution in [0.3, 0.4) is 0 Å². The molecule has 1 aliphatic rings. The van der Waals surface area contributed by atoms with Gasteiger partial charge in [0.1, 0.15) is 5.82 Å². The highest BCUT2D eigenvalue weighted by Gasteiger charge is 2.27. The van der Waals surface area contributed by atoms with E-state index in [1.807, 2.05) is 25.1 Å². The van der Waals surface area contributed by atoms with Crippen LogP contribution in [0.1, 0.15) is 51.2 Å². The maximum absolute atomic E-state index is 12.6. The van der Waals surface area contributed by atoms with Gasteiger partial charge < -0.3 is 10.2 Å². The molecule has 8 nitrogen and oxygen atoms in total. The number of piperidine rings is 1. The lowest BCUT2D eigenvalue weighted by Gasteiger charge is -2.31. The first-order chi connectivity index (χ1) is 16.0. The van der Waals surface area contributed by atoms with Crippen molar-refractivity contribution in [2.24, 2.45) is 5.92 Å². The Kier molecular flexibility index (Phi) is 8.09. The van der Waals surface area contributed by atoms with Gasteiger partial charge in [0.2, 0.25) is 21.8 Å². The van der Waals surface area contributed by atoms with Gasteiger partial charge in [-0.2, -0.15) is 0 Å². The van der Waals surface area contributed by atoms with Crippen molar-refractivity contribution < 1.29 is 18.0 Å². The summed E-state index contributed by atoms with van der Waals surface area (Å²) in [6, 6.07) is 10.5. The lowest BCUT2D eigenvalue weighted by molar-refractivity contribution is -0.134. The lowest BCUT2D eigenvalue weighted by atomic mass is 9.87. The van der Waals surface area contributed by atoms with Crippen molar-refractivity contribution in [1.29, 1.82) is 0 Å². The number of likely N-dealkylation sites (tertiary alicyclic amines) is 1. The van der Waals surface area contributed by atoms with E-state index >= 15 is 0 Å². The number of amides is 2. The monoisotopic (exact) mass is 486 g/mol. The minimum Gasteiger partial charge on any atom is -0.343 e. The SMILES string of the molecule is Cc1ccc(NC(=O)C2CCN(C(=O)CCNS(=O)(=O)c3ccc(C(C)(C)C)cc3)CC2)nc1. The van der Waals surface area contributed by atoms with E-state index in [1.54, 1.807) is 29.3 Å². The van der Waals surface area contributed by atoms with Crippen molar-refractivity contribution in [1.82, 2.24) is 14.6 Å². The normalized spacial score (nSPS) is 15.2. The minimum absolute atomic E-state index is 0.0295. The fourth-order valence-corrected chi connectivity index (χ4v) is 4.86. The van der Waals surface area contributed by atoms with Crippen LogP contribution in [0.25, 0.3) is 0 Å². The second-order valence-corrected chi connectivity index (χ2v) is 11.6. The van der Waals surface area contributed by atoms with Crippen molar-refractivity contribution in [2.75, 3.05) is 25.0 Å². The number of carbonyl (C=O) groups is 2. The number of nitrogens with one attached hydrogen (secondary N) is 2. The zero-order chi connectivity index (χ0) is 24.9. The number of carbonyl (C=O) groups excluding carboxylic acids is 2. The zero-order valence-corrected chi connectivity index (χ0v) is 21.1. The number of anilines is 1. The van der Waals surface area contributed by atoms with Crippen LogP contribution in [0, 0.1) is 12.8 Å². The number of rotatable bonds is 7. The molecule has 2 amide bonds. The van der Waals surface area contributed by atoms with Gasteiger partial charge >= 0.3 is 0 Å². The predicted molar refractivity (Wildman–Crippen MR) is 132 cm³/mol. The first-order valence-corrected chi connectivity index (χ1v) is 13.1. The Hall–Kier alpha value is -2.78. The molecule has 0 bridgehead atoms. The maximum atomic E-state index is 12.6.